The summed E-state index contributed by atoms with van der Waals surface area (Å²) in [6.45, 7) is 1.52. The first-order valence-electron chi connectivity index (χ1n) is 5.99. The Morgan fingerprint density at radius 3 is 2.75 bits per heavy atom. The zero-order chi connectivity index (χ0) is 14.6. The number of nitrogens with zero attached hydrogens (tertiary/aromatic N) is 2. The number of sulfonamides is 1. The van der Waals surface area contributed by atoms with E-state index in [9.17, 15) is 8.42 Å². The fraction of sp³-hybridized carbons (Fsp3) is 0.333. The first kappa shape index (κ1) is 14.5. The highest BCUT2D eigenvalue weighted by Gasteiger charge is 2.14. The maximum Gasteiger partial charge on any atom is 0.251 e. The van der Waals surface area contributed by atoms with Crippen LogP contribution in [0.4, 0.5) is 0 Å². The lowest BCUT2D eigenvalue weighted by Gasteiger charge is -2.03. The fourth-order valence-electron chi connectivity index (χ4n) is 1.53. The van der Waals surface area contributed by atoms with Crippen molar-refractivity contribution in [2.24, 2.45) is 0 Å². The van der Waals surface area contributed by atoms with Crippen molar-refractivity contribution in [2.75, 3.05) is 12.9 Å². The van der Waals surface area contributed by atoms with Crippen molar-refractivity contribution < 1.29 is 17.6 Å². The van der Waals surface area contributed by atoms with E-state index >= 15 is 0 Å². The number of ether oxygens (including phenoxy) is 1. The molecule has 0 saturated carbocycles. The lowest BCUT2D eigenvalue weighted by Crippen LogP contribution is -2.24. The summed E-state index contributed by atoms with van der Waals surface area (Å²) in [5.74, 6) is 1.09. The number of nitrogens with one attached hydrogen (secondary N) is 1. The number of para-hydroxylation sites is 1. The number of methoxy groups -OCH3 is 1. The van der Waals surface area contributed by atoms with Crippen LogP contribution in [0.25, 0.3) is 11.5 Å². The van der Waals surface area contributed by atoms with E-state index in [0.29, 0.717) is 11.3 Å². The molecule has 0 radical (unpaired) electrons. The van der Waals surface area contributed by atoms with Gasteiger partial charge in [-0.2, -0.15) is 0 Å². The second kappa shape index (κ2) is 6.02. The van der Waals surface area contributed by atoms with E-state index in [4.69, 9.17) is 9.15 Å². The normalized spacial score (nSPS) is 11.5. The van der Waals surface area contributed by atoms with Crippen LogP contribution in [-0.4, -0.2) is 31.5 Å². The molecule has 108 valence electrons. The molecular weight excluding hydrogens is 282 g/mol. The van der Waals surface area contributed by atoms with Crippen LogP contribution in [0, 0.1) is 0 Å². The second-order valence-corrected chi connectivity index (χ2v) is 6.02. The van der Waals surface area contributed by atoms with Gasteiger partial charge in [0.25, 0.3) is 5.89 Å². The largest absolute Gasteiger partial charge is 0.496 e. The molecule has 0 fully saturated rings. The molecule has 0 atom stereocenters. The summed E-state index contributed by atoms with van der Waals surface area (Å²) < 4.78 is 35.6. The molecule has 0 aliphatic heterocycles. The average Bonchev–Trinajstić information content (AvgIpc) is 2.94. The Balaban J connectivity index is 2.17. The Labute approximate surface area is 117 Å². The number of hydrogen-bond acceptors (Lipinski definition) is 6. The monoisotopic (exact) mass is 297 g/mol. The first-order chi connectivity index (χ1) is 9.55. The zero-order valence-electron chi connectivity index (χ0n) is 11.2. The lowest BCUT2D eigenvalue weighted by atomic mass is 10.2. The second-order valence-electron chi connectivity index (χ2n) is 3.93. The van der Waals surface area contributed by atoms with Crippen molar-refractivity contribution in [3.05, 3.63) is 30.2 Å². The average molecular weight is 297 g/mol. The summed E-state index contributed by atoms with van der Waals surface area (Å²) in [4.78, 5) is 0. The van der Waals surface area contributed by atoms with Crippen LogP contribution in [0.5, 0.6) is 5.75 Å². The van der Waals surface area contributed by atoms with E-state index in [1.54, 1.807) is 26.2 Å². The van der Waals surface area contributed by atoms with Gasteiger partial charge in [-0.3, -0.25) is 0 Å². The Morgan fingerprint density at radius 2 is 2.05 bits per heavy atom. The van der Waals surface area contributed by atoms with E-state index in [1.807, 2.05) is 12.1 Å². The quantitative estimate of drug-likeness (QED) is 0.860. The third kappa shape index (κ3) is 3.34. The van der Waals surface area contributed by atoms with Crippen LogP contribution >= 0.6 is 0 Å². The first-order valence-corrected chi connectivity index (χ1v) is 7.64. The third-order valence-electron chi connectivity index (χ3n) is 2.63. The molecule has 1 aromatic carbocycles. The molecule has 0 unspecified atom stereocenters. The van der Waals surface area contributed by atoms with Gasteiger partial charge in [-0.05, 0) is 19.1 Å². The molecule has 8 heteroatoms. The molecule has 0 aliphatic carbocycles. The van der Waals surface area contributed by atoms with Crippen LogP contribution in [-0.2, 0) is 16.6 Å². The summed E-state index contributed by atoms with van der Waals surface area (Å²) in [6.07, 6.45) is 0. The van der Waals surface area contributed by atoms with Gasteiger partial charge in [0.05, 0.1) is 25.0 Å². The molecule has 0 amide bonds. The SMILES string of the molecule is CCS(=O)(=O)NCc1nnc(-c2ccccc2OC)o1. The van der Waals surface area contributed by atoms with Gasteiger partial charge >= 0.3 is 0 Å². The molecule has 2 aromatic rings. The standard InChI is InChI=1S/C12H15N3O4S/c1-3-20(16,17)13-8-11-14-15-12(19-11)9-6-4-5-7-10(9)18-2/h4-7,13H,3,8H2,1-2H3. The molecule has 7 nitrogen and oxygen atoms in total. The summed E-state index contributed by atoms with van der Waals surface area (Å²) in [5, 5.41) is 7.70. The van der Waals surface area contributed by atoms with E-state index in [1.165, 1.54) is 0 Å². The molecule has 1 heterocycles. The molecule has 0 bridgehead atoms. The highest BCUT2D eigenvalue weighted by atomic mass is 32.2. The summed E-state index contributed by atoms with van der Waals surface area (Å²) >= 11 is 0. The number of rotatable bonds is 6. The zero-order valence-corrected chi connectivity index (χ0v) is 12.0. The van der Waals surface area contributed by atoms with Crippen molar-refractivity contribution in [1.29, 1.82) is 0 Å². The maximum atomic E-state index is 11.3. The Kier molecular flexibility index (Phi) is 4.35. The van der Waals surface area contributed by atoms with Gasteiger partial charge in [0.2, 0.25) is 15.9 Å². The number of hydrogen-bond donors (Lipinski definition) is 1. The molecule has 2 rings (SSSR count). The van der Waals surface area contributed by atoms with Gasteiger partial charge in [-0.15, -0.1) is 10.2 Å². The van der Waals surface area contributed by atoms with Crippen molar-refractivity contribution in [1.82, 2.24) is 14.9 Å². The highest BCUT2D eigenvalue weighted by molar-refractivity contribution is 7.89. The molecule has 20 heavy (non-hydrogen) atoms. The van der Waals surface area contributed by atoms with Gasteiger partial charge in [-0.25, -0.2) is 13.1 Å². The molecule has 0 saturated heterocycles. The predicted molar refractivity (Wildman–Crippen MR) is 72.6 cm³/mol. The van der Waals surface area contributed by atoms with Gasteiger partial charge in [0.15, 0.2) is 0 Å². The van der Waals surface area contributed by atoms with Crippen molar-refractivity contribution in [3.63, 3.8) is 0 Å². The summed E-state index contributed by atoms with van der Waals surface area (Å²) in [6, 6.07) is 7.21. The molecule has 1 N–H and O–H groups in total. The molecule has 1 aromatic heterocycles. The van der Waals surface area contributed by atoms with Crippen LogP contribution in [0.1, 0.15) is 12.8 Å². The van der Waals surface area contributed by atoms with Crippen LogP contribution in [0.3, 0.4) is 0 Å². The Hall–Kier alpha value is -1.93. The van der Waals surface area contributed by atoms with Crippen LogP contribution in [0.2, 0.25) is 0 Å². The van der Waals surface area contributed by atoms with Crippen LogP contribution in [0.15, 0.2) is 28.7 Å². The van der Waals surface area contributed by atoms with E-state index < -0.39 is 10.0 Å². The fourth-order valence-corrected chi connectivity index (χ4v) is 2.08. The van der Waals surface area contributed by atoms with Gasteiger partial charge < -0.3 is 9.15 Å². The van der Waals surface area contributed by atoms with Crippen molar-refractivity contribution in [3.8, 4) is 17.2 Å². The third-order valence-corrected chi connectivity index (χ3v) is 3.97. The topological polar surface area (TPSA) is 94.3 Å². The number of benzene rings is 1. The minimum absolute atomic E-state index is 0.000498. The van der Waals surface area contributed by atoms with Gasteiger partial charge in [-0.1, -0.05) is 12.1 Å². The van der Waals surface area contributed by atoms with Crippen molar-refractivity contribution in [2.45, 2.75) is 13.5 Å². The molecular formula is C12H15N3O4S. The number of aromatic nitrogens is 2. The minimum Gasteiger partial charge on any atom is -0.496 e. The Bertz CT molecular complexity index is 682. The van der Waals surface area contributed by atoms with Gasteiger partial charge in [0, 0.05) is 0 Å². The maximum absolute atomic E-state index is 11.3. The Morgan fingerprint density at radius 1 is 1.30 bits per heavy atom. The van der Waals surface area contributed by atoms with Crippen molar-refractivity contribution >= 4 is 10.0 Å². The van der Waals surface area contributed by atoms with E-state index in [-0.39, 0.29) is 24.1 Å². The molecule has 0 spiro atoms. The molecule has 0 aliphatic rings. The van der Waals surface area contributed by atoms with E-state index in [2.05, 4.69) is 14.9 Å². The predicted octanol–water partition coefficient (Wildman–Crippen LogP) is 1.18. The van der Waals surface area contributed by atoms with Gasteiger partial charge in [0.1, 0.15) is 5.75 Å². The highest BCUT2D eigenvalue weighted by Crippen LogP contribution is 2.28. The smallest absolute Gasteiger partial charge is 0.251 e. The van der Waals surface area contributed by atoms with Crippen LogP contribution < -0.4 is 9.46 Å². The minimum atomic E-state index is -3.29. The summed E-state index contributed by atoms with van der Waals surface area (Å²) in [7, 11) is -1.74. The summed E-state index contributed by atoms with van der Waals surface area (Å²) in [5.41, 5.74) is 0.659. The lowest BCUT2D eigenvalue weighted by molar-refractivity contribution is 0.413. The van der Waals surface area contributed by atoms with E-state index in [0.717, 1.165) is 0 Å².